The molecule has 2 amide bonds. The predicted octanol–water partition coefficient (Wildman–Crippen LogP) is 5.29. The summed E-state index contributed by atoms with van der Waals surface area (Å²) in [5.74, 6) is 0.129. The first-order chi connectivity index (χ1) is 14.2. The number of aryl methyl sites for hydroxylation is 1. The van der Waals surface area contributed by atoms with Crippen molar-refractivity contribution in [3.8, 4) is 5.75 Å². The Balaban J connectivity index is 1.72. The molecule has 156 valence electrons. The van der Waals surface area contributed by atoms with Crippen molar-refractivity contribution in [2.24, 2.45) is 0 Å². The van der Waals surface area contributed by atoms with E-state index in [0.29, 0.717) is 42.6 Å². The van der Waals surface area contributed by atoms with Crippen LogP contribution in [0.3, 0.4) is 0 Å². The SMILES string of the molecule is Cc1nc(COc2ccc(Cl)cc2)sc1C(=O)Nc1cc(C(=O)N(C)C)ccc1Cl. The van der Waals surface area contributed by atoms with E-state index >= 15 is 0 Å². The van der Waals surface area contributed by atoms with Crippen LogP contribution in [0, 0.1) is 6.92 Å². The van der Waals surface area contributed by atoms with Gasteiger partial charge in [0.2, 0.25) is 0 Å². The van der Waals surface area contributed by atoms with Crippen molar-refractivity contribution in [1.29, 1.82) is 0 Å². The minimum absolute atomic E-state index is 0.183. The number of halogens is 2. The van der Waals surface area contributed by atoms with Crippen LogP contribution in [0.1, 0.15) is 30.7 Å². The molecule has 3 rings (SSSR count). The molecule has 2 aromatic carbocycles. The van der Waals surface area contributed by atoms with Crippen molar-refractivity contribution < 1.29 is 14.3 Å². The van der Waals surface area contributed by atoms with Crippen LogP contribution < -0.4 is 10.1 Å². The lowest BCUT2D eigenvalue weighted by molar-refractivity contribution is 0.0827. The van der Waals surface area contributed by atoms with E-state index < -0.39 is 0 Å². The fourth-order valence-corrected chi connectivity index (χ4v) is 3.76. The molecule has 6 nitrogen and oxygen atoms in total. The first-order valence-corrected chi connectivity index (χ1v) is 10.5. The summed E-state index contributed by atoms with van der Waals surface area (Å²) in [6, 6.07) is 11.8. The van der Waals surface area contributed by atoms with E-state index in [2.05, 4.69) is 10.3 Å². The summed E-state index contributed by atoms with van der Waals surface area (Å²) in [5.41, 5.74) is 1.38. The average molecular weight is 464 g/mol. The van der Waals surface area contributed by atoms with Gasteiger partial charge in [-0.05, 0) is 49.4 Å². The second-order valence-corrected chi connectivity index (χ2v) is 8.54. The van der Waals surface area contributed by atoms with Gasteiger partial charge in [-0.25, -0.2) is 4.98 Å². The number of carbonyl (C=O) groups is 2. The molecular weight excluding hydrogens is 445 g/mol. The molecule has 0 bridgehead atoms. The molecule has 0 saturated carbocycles. The first kappa shape index (κ1) is 22.1. The number of hydrogen-bond donors (Lipinski definition) is 1. The van der Waals surface area contributed by atoms with Crippen LogP contribution in [-0.4, -0.2) is 35.8 Å². The Labute approximate surface area is 188 Å². The van der Waals surface area contributed by atoms with E-state index in [4.69, 9.17) is 27.9 Å². The Hall–Kier alpha value is -2.61. The molecule has 0 aliphatic heterocycles. The molecule has 1 N–H and O–H groups in total. The summed E-state index contributed by atoms with van der Waals surface area (Å²) < 4.78 is 5.69. The number of nitrogens with zero attached hydrogens (tertiary/aromatic N) is 2. The van der Waals surface area contributed by atoms with Crippen LogP contribution in [0.25, 0.3) is 0 Å². The van der Waals surface area contributed by atoms with E-state index in [1.165, 1.54) is 16.2 Å². The summed E-state index contributed by atoms with van der Waals surface area (Å²) in [4.78, 5) is 31.3. The second-order valence-electron chi connectivity index (χ2n) is 6.61. The van der Waals surface area contributed by atoms with Gasteiger partial charge in [0.15, 0.2) is 0 Å². The maximum Gasteiger partial charge on any atom is 0.267 e. The molecule has 0 saturated heterocycles. The third kappa shape index (κ3) is 5.30. The van der Waals surface area contributed by atoms with Gasteiger partial charge in [0.05, 0.1) is 16.4 Å². The Kier molecular flexibility index (Phi) is 6.97. The highest BCUT2D eigenvalue weighted by molar-refractivity contribution is 7.13. The molecular formula is C21H19Cl2N3O3S. The molecule has 0 aliphatic carbocycles. The van der Waals surface area contributed by atoms with E-state index in [1.54, 1.807) is 63.5 Å². The lowest BCUT2D eigenvalue weighted by Crippen LogP contribution is -2.22. The highest BCUT2D eigenvalue weighted by atomic mass is 35.5. The number of rotatable bonds is 6. The highest BCUT2D eigenvalue weighted by Gasteiger charge is 2.18. The van der Waals surface area contributed by atoms with Crippen molar-refractivity contribution in [3.05, 3.63) is 73.7 Å². The van der Waals surface area contributed by atoms with Crippen molar-refractivity contribution in [3.63, 3.8) is 0 Å². The van der Waals surface area contributed by atoms with Crippen molar-refractivity contribution >= 4 is 52.0 Å². The van der Waals surface area contributed by atoms with Gasteiger partial charge in [0.1, 0.15) is 22.2 Å². The molecule has 30 heavy (non-hydrogen) atoms. The third-order valence-corrected chi connectivity index (χ3v) is 5.80. The molecule has 0 atom stereocenters. The Morgan fingerprint density at radius 3 is 2.50 bits per heavy atom. The molecule has 0 spiro atoms. The van der Waals surface area contributed by atoms with Gasteiger partial charge in [0.25, 0.3) is 11.8 Å². The van der Waals surface area contributed by atoms with Gasteiger partial charge in [-0.2, -0.15) is 0 Å². The monoisotopic (exact) mass is 463 g/mol. The minimum Gasteiger partial charge on any atom is -0.486 e. The second kappa shape index (κ2) is 9.47. The summed E-state index contributed by atoms with van der Waals surface area (Å²) in [6.45, 7) is 1.98. The van der Waals surface area contributed by atoms with E-state index in [1.807, 2.05) is 0 Å². The Morgan fingerprint density at radius 2 is 1.83 bits per heavy atom. The fraction of sp³-hybridized carbons (Fsp3) is 0.190. The molecule has 9 heteroatoms. The molecule has 0 fully saturated rings. The maximum atomic E-state index is 12.8. The smallest absolute Gasteiger partial charge is 0.267 e. The molecule has 0 aliphatic rings. The van der Waals surface area contributed by atoms with Crippen LogP contribution in [0.4, 0.5) is 5.69 Å². The number of carbonyl (C=O) groups excluding carboxylic acids is 2. The van der Waals surface area contributed by atoms with Crippen molar-refractivity contribution in [1.82, 2.24) is 9.88 Å². The number of benzene rings is 2. The summed E-state index contributed by atoms with van der Waals surface area (Å²) in [7, 11) is 3.31. The third-order valence-electron chi connectivity index (χ3n) is 4.09. The van der Waals surface area contributed by atoms with E-state index in [0.717, 1.165) is 0 Å². The standard InChI is InChI=1S/C21H19Cl2N3O3S/c1-12-19(30-18(24-12)11-29-15-7-5-14(22)6-8-15)20(27)25-17-10-13(4-9-16(17)23)21(28)26(2)3/h4-10H,11H2,1-3H3,(H,25,27). The van der Waals surface area contributed by atoms with Gasteiger partial charge < -0.3 is 15.0 Å². The number of aromatic nitrogens is 1. The lowest BCUT2D eigenvalue weighted by atomic mass is 10.1. The van der Waals surface area contributed by atoms with Gasteiger partial charge in [-0.3, -0.25) is 9.59 Å². The molecule has 0 radical (unpaired) electrons. The van der Waals surface area contributed by atoms with E-state index in [-0.39, 0.29) is 18.4 Å². The predicted molar refractivity (Wildman–Crippen MR) is 120 cm³/mol. The number of thiazole rings is 1. The Morgan fingerprint density at radius 1 is 1.13 bits per heavy atom. The zero-order valence-electron chi connectivity index (χ0n) is 16.5. The van der Waals surface area contributed by atoms with Crippen LogP contribution in [0.5, 0.6) is 5.75 Å². The van der Waals surface area contributed by atoms with Crippen LogP contribution >= 0.6 is 34.5 Å². The average Bonchev–Trinajstić information content (AvgIpc) is 3.09. The molecule has 1 aromatic heterocycles. The molecule has 1 heterocycles. The van der Waals surface area contributed by atoms with Gasteiger partial charge >= 0.3 is 0 Å². The number of ether oxygens (including phenoxy) is 1. The summed E-state index contributed by atoms with van der Waals surface area (Å²) in [6.07, 6.45) is 0. The normalized spacial score (nSPS) is 10.6. The number of nitrogens with one attached hydrogen (secondary N) is 1. The van der Waals surface area contributed by atoms with Gasteiger partial charge in [-0.15, -0.1) is 11.3 Å². The number of hydrogen-bond acceptors (Lipinski definition) is 5. The van der Waals surface area contributed by atoms with Crippen LogP contribution in [0.15, 0.2) is 42.5 Å². The van der Waals surface area contributed by atoms with E-state index in [9.17, 15) is 9.59 Å². The summed E-state index contributed by atoms with van der Waals surface area (Å²) >= 11 is 13.3. The Bertz CT molecular complexity index is 1080. The fourth-order valence-electron chi connectivity index (χ4n) is 2.59. The lowest BCUT2D eigenvalue weighted by Gasteiger charge is -2.12. The molecule has 3 aromatic rings. The zero-order valence-corrected chi connectivity index (χ0v) is 18.9. The number of amides is 2. The van der Waals surface area contributed by atoms with Gasteiger partial charge in [-0.1, -0.05) is 23.2 Å². The quantitative estimate of drug-likeness (QED) is 0.538. The van der Waals surface area contributed by atoms with Crippen molar-refractivity contribution in [2.75, 3.05) is 19.4 Å². The molecule has 0 unspecified atom stereocenters. The largest absolute Gasteiger partial charge is 0.486 e. The maximum absolute atomic E-state index is 12.8. The zero-order chi connectivity index (χ0) is 21.8. The van der Waals surface area contributed by atoms with Gasteiger partial charge in [0, 0.05) is 24.7 Å². The topological polar surface area (TPSA) is 71.5 Å². The van der Waals surface area contributed by atoms with Crippen LogP contribution in [-0.2, 0) is 6.61 Å². The van der Waals surface area contributed by atoms with Crippen molar-refractivity contribution in [2.45, 2.75) is 13.5 Å². The first-order valence-electron chi connectivity index (χ1n) is 8.92. The minimum atomic E-state index is -0.348. The number of anilines is 1. The van der Waals surface area contributed by atoms with Crippen LogP contribution in [0.2, 0.25) is 10.0 Å². The summed E-state index contributed by atoms with van der Waals surface area (Å²) in [5, 5.41) is 4.40. The highest BCUT2D eigenvalue weighted by Crippen LogP contribution is 2.27.